The summed E-state index contributed by atoms with van der Waals surface area (Å²) in [6.07, 6.45) is 2.29. The van der Waals surface area contributed by atoms with E-state index in [0.29, 0.717) is 10.9 Å². The predicted octanol–water partition coefficient (Wildman–Crippen LogP) is 1.73. The quantitative estimate of drug-likeness (QED) is 0.654. The Morgan fingerprint density at radius 1 is 1.55 bits per heavy atom. The topological polar surface area (TPSA) is 83.3 Å². The number of nitrogens with zero attached hydrogens (tertiary/aromatic N) is 2. The maximum absolute atomic E-state index is 11.5. The van der Waals surface area contributed by atoms with Crippen molar-refractivity contribution in [2.75, 3.05) is 7.11 Å². The smallest absolute Gasteiger partial charge is 0.239 e. The van der Waals surface area contributed by atoms with Crippen molar-refractivity contribution < 1.29 is 14.6 Å². The second-order valence-corrected chi connectivity index (χ2v) is 5.28. The van der Waals surface area contributed by atoms with E-state index < -0.39 is 0 Å². The van der Waals surface area contributed by atoms with Crippen molar-refractivity contribution in [3.8, 4) is 11.5 Å². The van der Waals surface area contributed by atoms with Gasteiger partial charge >= 0.3 is 0 Å². The summed E-state index contributed by atoms with van der Waals surface area (Å²) in [6.45, 7) is 1.95. The fraction of sp³-hybridized carbons (Fsp3) is 0.308. The summed E-state index contributed by atoms with van der Waals surface area (Å²) in [5, 5.41) is 20.4. The molecule has 0 unspecified atom stereocenters. The number of ether oxygens (including phenoxy) is 1. The van der Waals surface area contributed by atoms with Crippen LogP contribution in [-0.2, 0) is 4.79 Å². The van der Waals surface area contributed by atoms with E-state index in [9.17, 15) is 9.90 Å². The van der Waals surface area contributed by atoms with E-state index in [0.717, 1.165) is 12.0 Å². The van der Waals surface area contributed by atoms with Gasteiger partial charge in [0.05, 0.1) is 18.6 Å². The summed E-state index contributed by atoms with van der Waals surface area (Å²) in [6, 6.07) is 4.86. The van der Waals surface area contributed by atoms with Crippen LogP contribution in [0.2, 0.25) is 0 Å². The third-order valence-corrected chi connectivity index (χ3v) is 3.95. The van der Waals surface area contributed by atoms with Crippen LogP contribution in [0.3, 0.4) is 0 Å². The molecule has 1 aliphatic heterocycles. The van der Waals surface area contributed by atoms with Crippen molar-refractivity contribution in [2.45, 2.75) is 18.6 Å². The van der Waals surface area contributed by atoms with Gasteiger partial charge in [-0.2, -0.15) is 5.10 Å². The van der Waals surface area contributed by atoms with Crippen LogP contribution >= 0.6 is 11.8 Å². The molecule has 1 saturated heterocycles. The van der Waals surface area contributed by atoms with Gasteiger partial charge in [-0.25, -0.2) is 0 Å². The lowest BCUT2D eigenvalue weighted by Crippen LogP contribution is -2.24. The van der Waals surface area contributed by atoms with Crippen molar-refractivity contribution in [3.05, 3.63) is 23.8 Å². The Morgan fingerprint density at radius 2 is 2.35 bits per heavy atom. The molecule has 0 bridgehead atoms. The number of phenolic OH excluding ortho intramolecular Hbond substituents is 1. The van der Waals surface area contributed by atoms with Gasteiger partial charge in [0.25, 0.3) is 0 Å². The minimum atomic E-state index is -0.0854. The van der Waals surface area contributed by atoms with Crippen molar-refractivity contribution in [3.63, 3.8) is 0 Å². The Balaban J connectivity index is 2.05. The van der Waals surface area contributed by atoms with Gasteiger partial charge in [-0.1, -0.05) is 18.7 Å². The van der Waals surface area contributed by atoms with Crippen LogP contribution in [0.5, 0.6) is 11.5 Å². The van der Waals surface area contributed by atoms with Crippen LogP contribution in [-0.4, -0.2) is 34.8 Å². The fourth-order valence-corrected chi connectivity index (χ4v) is 2.50. The van der Waals surface area contributed by atoms with Crippen LogP contribution in [0.1, 0.15) is 18.9 Å². The van der Waals surface area contributed by atoms with Crippen LogP contribution in [0.25, 0.3) is 0 Å². The number of aromatic hydroxyl groups is 1. The first-order chi connectivity index (χ1) is 9.63. The molecule has 0 aliphatic carbocycles. The lowest BCUT2D eigenvalue weighted by molar-refractivity contribution is -0.118. The Labute approximate surface area is 120 Å². The van der Waals surface area contributed by atoms with E-state index in [-0.39, 0.29) is 16.9 Å². The number of carbonyl (C=O) groups excluding carboxylic acids is 1. The highest BCUT2D eigenvalue weighted by molar-refractivity contribution is 8.15. The molecule has 2 rings (SSSR count). The summed E-state index contributed by atoms with van der Waals surface area (Å²) in [7, 11) is 1.48. The normalized spacial score (nSPS) is 20.6. The number of amides is 1. The molecule has 0 saturated carbocycles. The molecular weight excluding hydrogens is 278 g/mol. The maximum Gasteiger partial charge on any atom is 0.239 e. The van der Waals surface area contributed by atoms with Crippen molar-refractivity contribution in [2.24, 2.45) is 10.2 Å². The molecule has 1 fully saturated rings. The molecule has 20 heavy (non-hydrogen) atoms. The molecule has 0 aromatic heterocycles. The summed E-state index contributed by atoms with van der Waals surface area (Å²) in [4.78, 5) is 11.5. The minimum absolute atomic E-state index is 0.0299. The first kappa shape index (κ1) is 14.4. The molecule has 1 heterocycles. The van der Waals surface area contributed by atoms with Gasteiger partial charge in [-0.3, -0.25) is 4.79 Å². The lowest BCUT2D eigenvalue weighted by Gasteiger charge is -2.02. The fourth-order valence-electron chi connectivity index (χ4n) is 1.64. The Bertz CT molecular complexity index is 572. The molecule has 0 radical (unpaired) electrons. The zero-order valence-corrected chi connectivity index (χ0v) is 12.0. The van der Waals surface area contributed by atoms with Gasteiger partial charge in [0.2, 0.25) is 5.91 Å². The monoisotopic (exact) mass is 293 g/mol. The summed E-state index contributed by atoms with van der Waals surface area (Å²) < 4.78 is 5.00. The number of phenols is 1. The highest BCUT2D eigenvalue weighted by Crippen LogP contribution is 2.25. The van der Waals surface area contributed by atoms with E-state index in [2.05, 4.69) is 15.5 Å². The lowest BCUT2D eigenvalue weighted by atomic mass is 10.2. The molecule has 6 nitrogen and oxygen atoms in total. The van der Waals surface area contributed by atoms with Gasteiger partial charge in [-0.05, 0) is 30.2 Å². The van der Waals surface area contributed by atoms with E-state index in [1.165, 1.54) is 31.2 Å². The van der Waals surface area contributed by atoms with Gasteiger partial charge in [0, 0.05) is 0 Å². The number of methoxy groups -OCH3 is 1. The van der Waals surface area contributed by atoms with E-state index in [1.54, 1.807) is 12.1 Å². The van der Waals surface area contributed by atoms with Crippen LogP contribution < -0.4 is 10.1 Å². The molecule has 106 valence electrons. The van der Waals surface area contributed by atoms with Crippen molar-refractivity contribution in [1.29, 1.82) is 0 Å². The first-order valence-corrected chi connectivity index (χ1v) is 6.97. The summed E-state index contributed by atoms with van der Waals surface area (Å²) in [5.41, 5.74) is 0.741. The number of thioether (sulfide) groups is 1. The Hall–Kier alpha value is -2.02. The number of benzene rings is 1. The number of nitrogens with one attached hydrogen (secondary N) is 1. The molecule has 7 heteroatoms. The van der Waals surface area contributed by atoms with Gasteiger partial charge in [-0.15, -0.1) is 5.10 Å². The van der Waals surface area contributed by atoms with Crippen molar-refractivity contribution in [1.82, 2.24) is 5.32 Å². The average Bonchev–Trinajstić information content (AvgIpc) is 2.81. The largest absolute Gasteiger partial charge is 0.504 e. The zero-order chi connectivity index (χ0) is 14.5. The molecule has 0 spiro atoms. The molecule has 1 atom stereocenters. The number of hydrogen-bond acceptors (Lipinski definition) is 6. The van der Waals surface area contributed by atoms with E-state index >= 15 is 0 Å². The van der Waals surface area contributed by atoms with Crippen molar-refractivity contribution >= 4 is 29.1 Å². The standard InChI is InChI=1S/C13H15N3O3S/c1-3-11-12(18)15-13(20-11)16-14-7-8-4-5-9(17)10(6-8)19-2/h4-7,11,17H,3H2,1-2H3,(H,15,16,18)/b14-7+/t11-/m0/s1. The van der Waals surface area contributed by atoms with E-state index in [4.69, 9.17) is 4.74 Å². The molecule has 1 aromatic carbocycles. The first-order valence-electron chi connectivity index (χ1n) is 6.09. The number of hydrogen-bond donors (Lipinski definition) is 2. The Kier molecular flexibility index (Phi) is 4.62. The third kappa shape index (κ3) is 3.30. The predicted molar refractivity (Wildman–Crippen MR) is 79.5 cm³/mol. The van der Waals surface area contributed by atoms with Crippen LogP contribution in [0.15, 0.2) is 28.4 Å². The van der Waals surface area contributed by atoms with E-state index in [1.807, 2.05) is 6.92 Å². The van der Waals surface area contributed by atoms with Crippen LogP contribution in [0, 0.1) is 0 Å². The second kappa shape index (κ2) is 6.42. The minimum Gasteiger partial charge on any atom is -0.504 e. The highest BCUT2D eigenvalue weighted by Gasteiger charge is 2.28. The molecule has 1 amide bonds. The SMILES string of the molecule is CC[C@@H]1S/C(=N\N=C\c2ccc(O)c(OC)c2)NC1=O. The third-order valence-electron chi connectivity index (χ3n) is 2.71. The molecule has 1 aromatic rings. The molecule has 2 N–H and O–H groups in total. The maximum atomic E-state index is 11.5. The van der Waals surface area contributed by atoms with Gasteiger partial charge in [0.15, 0.2) is 16.7 Å². The number of amidine groups is 1. The highest BCUT2D eigenvalue weighted by atomic mass is 32.2. The van der Waals surface area contributed by atoms with Gasteiger partial charge in [0.1, 0.15) is 0 Å². The Morgan fingerprint density at radius 3 is 3.00 bits per heavy atom. The molecule has 1 aliphatic rings. The zero-order valence-electron chi connectivity index (χ0n) is 11.2. The number of rotatable bonds is 4. The summed E-state index contributed by atoms with van der Waals surface area (Å²) >= 11 is 1.37. The van der Waals surface area contributed by atoms with Gasteiger partial charge < -0.3 is 15.2 Å². The summed E-state index contributed by atoms with van der Waals surface area (Å²) in [5.74, 6) is 0.411. The second-order valence-electron chi connectivity index (χ2n) is 4.09. The number of carbonyl (C=O) groups is 1. The average molecular weight is 293 g/mol. The van der Waals surface area contributed by atoms with Crippen LogP contribution in [0.4, 0.5) is 0 Å². The molecular formula is C13H15N3O3S.